The number of nitrogens with two attached hydrogens (primary N) is 1. The van der Waals surface area contributed by atoms with Gasteiger partial charge in [-0.25, -0.2) is 15.8 Å². The van der Waals surface area contributed by atoms with Crippen molar-refractivity contribution in [3.05, 3.63) is 6.07 Å². The normalized spacial score (nSPS) is 18.6. The third kappa shape index (κ3) is 3.23. The number of hydrogen-bond donors (Lipinski definition) is 4. The molecule has 1 saturated heterocycles. The Labute approximate surface area is 109 Å². The fourth-order valence-electron chi connectivity index (χ4n) is 1.74. The maximum Gasteiger partial charge on any atom is 0.220 e. The number of aromatic nitrogens is 2. The van der Waals surface area contributed by atoms with E-state index >= 15 is 0 Å². The van der Waals surface area contributed by atoms with Crippen molar-refractivity contribution in [1.29, 1.82) is 0 Å². The first kappa shape index (κ1) is 12.9. The molecule has 8 heteroatoms. The molecule has 1 unspecified atom stereocenters. The number of hydrogen-bond acceptors (Lipinski definition) is 7. The minimum absolute atomic E-state index is 0.110. The average molecular weight is 268 g/mol. The molecule has 1 atom stereocenters. The maximum atomic E-state index is 11.1. The summed E-state index contributed by atoms with van der Waals surface area (Å²) in [6.07, 6.45) is 3.35. The van der Waals surface area contributed by atoms with Crippen molar-refractivity contribution in [1.82, 2.24) is 15.3 Å². The highest BCUT2D eigenvalue weighted by molar-refractivity contribution is 7.98. The van der Waals surface area contributed by atoms with E-state index in [1.165, 1.54) is 11.8 Å². The Bertz CT molecular complexity index is 418. The molecule has 98 valence electrons. The van der Waals surface area contributed by atoms with Crippen molar-refractivity contribution in [2.24, 2.45) is 5.84 Å². The van der Waals surface area contributed by atoms with E-state index in [4.69, 9.17) is 5.84 Å². The van der Waals surface area contributed by atoms with E-state index in [-0.39, 0.29) is 11.9 Å². The quantitative estimate of drug-likeness (QED) is 0.261. The van der Waals surface area contributed by atoms with Crippen LogP contribution in [0.3, 0.4) is 0 Å². The van der Waals surface area contributed by atoms with Gasteiger partial charge in [-0.2, -0.15) is 0 Å². The molecule has 2 heterocycles. The van der Waals surface area contributed by atoms with Gasteiger partial charge < -0.3 is 16.1 Å². The maximum absolute atomic E-state index is 11.1. The van der Waals surface area contributed by atoms with E-state index in [9.17, 15) is 4.79 Å². The summed E-state index contributed by atoms with van der Waals surface area (Å²) < 4.78 is 0. The van der Waals surface area contributed by atoms with Gasteiger partial charge in [-0.05, 0) is 12.7 Å². The Balaban J connectivity index is 1.97. The number of nitrogen functional groups attached to an aromatic ring is 1. The summed E-state index contributed by atoms with van der Waals surface area (Å²) in [5.41, 5.74) is 2.50. The molecule has 7 nitrogen and oxygen atoms in total. The zero-order valence-corrected chi connectivity index (χ0v) is 10.9. The van der Waals surface area contributed by atoms with Gasteiger partial charge in [0.05, 0.1) is 0 Å². The van der Waals surface area contributed by atoms with E-state index in [0.717, 1.165) is 6.42 Å². The fourth-order valence-corrected chi connectivity index (χ4v) is 2.12. The summed E-state index contributed by atoms with van der Waals surface area (Å²) in [5.74, 6) is 6.71. The molecule has 18 heavy (non-hydrogen) atoms. The van der Waals surface area contributed by atoms with Gasteiger partial charge in [-0.15, -0.1) is 0 Å². The number of amides is 1. The van der Waals surface area contributed by atoms with Crippen LogP contribution in [-0.4, -0.2) is 34.7 Å². The van der Waals surface area contributed by atoms with Crippen LogP contribution in [0, 0.1) is 0 Å². The van der Waals surface area contributed by atoms with Crippen molar-refractivity contribution in [2.75, 3.05) is 23.5 Å². The number of carbonyl (C=O) groups excluding carboxylic acids is 1. The summed E-state index contributed by atoms with van der Waals surface area (Å²) >= 11 is 1.44. The van der Waals surface area contributed by atoms with Gasteiger partial charge in [0.1, 0.15) is 11.6 Å². The Hall–Kier alpha value is -1.54. The molecule has 0 radical (unpaired) electrons. The molecular formula is C10H16N6OS. The smallest absolute Gasteiger partial charge is 0.220 e. The van der Waals surface area contributed by atoms with Gasteiger partial charge in [0.2, 0.25) is 5.91 Å². The molecule has 0 spiro atoms. The second kappa shape index (κ2) is 5.87. The number of carbonyl (C=O) groups is 1. The lowest BCUT2D eigenvalue weighted by atomic mass is 10.2. The zero-order valence-electron chi connectivity index (χ0n) is 10.1. The molecule has 0 saturated carbocycles. The van der Waals surface area contributed by atoms with Crippen LogP contribution in [0.4, 0.5) is 11.6 Å². The summed E-state index contributed by atoms with van der Waals surface area (Å²) in [4.78, 5) is 19.6. The van der Waals surface area contributed by atoms with Gasteiger partial charge in [-0.1, -0.05) is 11.8 Å². The number of nitrogens with zero attached hydrogens (tertiary/aromatic N) is 2. The fraction of sp³-hybridized carbons (Fsp3) is 0.500. The van der Waals surface area contributed by atoms with Crippen LogP contribution in [0.15, 0.2) is 11.2 Å². The van der Waals surface area contributed by atoms with Crippen molar-refractivity contribution >= 4 is 29.3 Å². The number of hydrazine groups is 1. The van der Waals surface area contributed by atoms with E-state index in [2.05, 4.69) is 26.0 Å². The molecule has 1 aromatic rings. The van der Waals surface area contributed by atoms with Crippen LogP contribution in [0.2, 0.25) is 0 Å². The van der Waals surface area contributed by atoms with E-state index < -0.39 is 0 Å². The lowest BCUT2D eigenvalue weighted by molar-refractivity contribution is -0.119. The van der Waals surface area contributed by atoms with Gasteiger partial charge >= 0.3 is 0 Å². The lowest BCUT2D eigenvalue weighted by Gasteiger charge is -2.12. The molecule has 2 rings (SSSR count). The van der Waals surface area contributed by atoms with Crippen LogP contribution in [0.5, 0.6) is 0 Å². The lowest BCUT2D eigenvalue weighted by Crippen LogP contribution is -2.32. The highest BCUT2D eigenvalue weighted by Gasteiger charge is 2.20. The second-order valence-corrected chi connectivity index (χ2v) is 4.73. The third-order valence-electron chi connectivity index (χ3n) is 2.65. The predicted molar refractivity (Wildman–Crippen MR) is 71.3 cm³/mol. The van der Waals surface area contributed by atoms with Gasteiger partial charge in [-0.3, -0.25) is 4.79 Å². The molecule has 0 aromatic carbocycles. The van der Waals surface area contributed by atoms with Crippen molar-refractivity contribution in [3.63, 3.8) is 0 Å². The van der Waals surface area contributed by atoms with Crippen molar-refractivity contribution in [3.8, 4) is 0 Å². The largest absolute Gasteiger partial charge is 0.368 e. The molecule has 1 aliphatic rings. The van der Waals surface area contributed by atoms with Crippen LogP contribution in [0.25, 0.3) is 0 Å². The summed E-state index contributed by atoms with van der Waals surface area (Å²) in [5, 5.41) is 6.71. The van der Waals surface area contributed by atoms with Gasteiger partial charge in [0.15, 0.2) is 5.16 Å². The molecule has 5 N–H and O–H groups in total. The molecule has 1 aliphatic heterocycles. The Morgan fingerprint density at radius 3 is 2.94 bits per heavy atom. The molecular weight excluding hydrogens is 252 g/mol. The first-order valence-corrected chi connectivity index (χ1v) is 6.86. The summed E-state index contributed by atoms with van der Waals surface area (Å²) in [7, 11) is 0. The number of rotatable bonds is 5. The number of nitrogens with one attached hydrogen (secondary N) is 3. The molecule has 0 aliphatic carbocycles. The first-order valence-electron chi connectivity index (χ1n) is 5.64. The monoisotopic (exact) mass is 268 g/mol. The highest BCUT2D eigenvalue weighted by atomic mass is 32.2. The van der Waals surface area contributed by atoms with Crippen LogP contribution >= 0.6 is 11.8 Å². The number of anilines is 2. The standard InChI is InChI=1S/C10H16N6OS/c1-18-10-14-7(4-8(15-10)16-11)12-5-6-2-3-9(17)13-6/h4,6H,2-3,5,11H2,1H3,(H,13,17)(H2,12,14,15,16). The van der Waals surface area contributed by atoms with Crippen molar-refractivity contribution in [2.45, 2.75) is 24.0 Å². The molecule has 0 bridgehead atoms. The van der Waals surface area contributed by atoms with Crippen LogP contribution < -0.4 is 21.9 Å². The third-order valence-corrected chi connectivity index (χ3v) is 3.20. The highest BCUT2D eigenvalue weighted by Crippen LogP contribution is 2.17. The number of thioether (sulfide) groups is 1. The Morgan fingerprint density at radius 1 is 1.56 bits per heavy atom. The van der Waals surface area contributed by atoms with E-state index in [1.807, 2.05) is 6.26 Å². The average Bonchev–Trinajstić information content (AvgIpc) is 2.81. The van der Waals surface area contributed by atoms with E-state index in [0.29, 0.717) is 29.8 Å². The topological polar surface area (TPSA) is 105 Å². The van der Waals surface area contributed by atoms with Crippen LogP contribution in [0.1, 0.15) is 12.8 Å². The first-order chi connectivity index (χ1) is 8.71. The van der Waals surface area contributed by atoms with Gasteiger partial charge in [0.25, 0.3) is 0 Å². The Kier molecular flexibility index (Phi) is 4.21. The summed E-state index contributed by atoms with van der Waals surface area (Å²) in [6, 6.07) is 1.90. The molecule has 1 aromatic heterocycles. The van der Waals surface area contributed by atoms with Gasteiger partial charge in [0, 0.05) is 25.1 Å². The SMILES string of the molecule is CSc1nc(NN)cc(NCC2CCC(=O)N2)n1. The predicted octanol–water partition coefficient (Wildman–Crippen LogP) is 0.175. The second-order valence-electron chi connectivity index (χ2n) is 3.95. The Morgan fingerprint density at radius 2 is 2.33 bits per heavy atom. The minimum Gasteiger partial charge on any atom is -0.368 e. The van der Waals surface area contributed by atoms with Crippen molar-refractivity contribution < 1.29 is 4.79 Å². The molecule has 1 amide bonds. The minimum atomic E-state index is 0.110. The zero-order chi connectivity index (χ0) is 13.0. The van der Waals surface area contributed by atoms with E-state index in [1.54, 1.807) is 6.07 Å². The molecule has 1 fully saturated rings. The van der Waals surface area contributed by atoms with Crippen LogP contribution in [-0.2, 0) is 4.79 Å². The summed E-state index contributed by atoms with van der Waals surface area (Å²) in [6.45, 7) is 0.653.